The molecule has 0 amide bonds. The highest BCUT2D eigenvalue weighted by atomic mass is 35.5. The molecule has 2 heterocycles. The average Bonchev–Trinajstić information content (AvgIpc) is 3.09. The minimum Gasteiger partial charge on any atom is -0.348 e. The molecule has 5 heteroatoms. The molecule has 0 radical (unpaired) electrons. The van der Waals surface area contributed by atoms with Crippen molar-refractivity contribution in [2.75, 3.05) is 5.32 Å². The second kappa shape index (κ2) is 6.52. The molecule has 128 valence electrons. The molecule has 0 aliphatic carbocycles. The molecule has 2 aromatic carbocycles. The molecule has 0 spiro atoms. The van der Waals surface area contributed by atoms with Crippen LogP contribution in [0.4, 0.5) is 5.95 Å². The Bertz CT molecular complexity index is 869. The highest BCUT2D eigenvalue weighted by molar-refractivity contribution is 6.30. The molecule has 0 saturated heterocycles. The van der Waals surface area contributed by atoms with Crippen LogP contribution in [0.3, 0.4) is 0 Å². The van der Waals surface area contributed by atoms with Gasteiger partial charge in [-0.05, 0) is 41.2 Å². The predicted octanol–water partition coefficient (Wildman–Crippen LogP) is 5.20. The summed E-state index contributed by atoms with van der Waals surface area (Å²) in [6, 6.07) is 17.2. The van der Waals surface area contributed by atoms with Gasteiger partial charge < -0.3 is 5.32 Å². The summed E-state index contributed by atoms with van der Waals surface area (Å²) in [4.78, 5) is 4.38. The van der Waals surface area contributed by atoms with Crippen molar-refractivity contribution in [1.82, 2.24) is 14.8 Å². The first-order valence-corrected chi connectivity index (χ1v) is 9.01. The van der Waals surface area contributed by atoms with E-state index in [1.54, 1.807) is 6.33 Å². The minimum absolute atomic E-state index is 0.118. The number of nitrogens with one attached hydrogen (secondary N) is 1. The van der Waals surface area contributed by atoms with Gasteiger partial charge in [0.1, 0.15) is 6.33 Å². The highest BCUT2D eigenvalue weighted by Crippen LogP contribution is 2.38. The molecule has 0 unspecified atom stereocenters. The van der Waals surface area contributed by atoms with Crippen LogP contribution in [0, 0.1) is 0 Å². The van der Waals surface area contributed by atoms with Crippen molar-refractivity contribution >= 4 is 17.5 Å². The molecule has 0 bridgehead atoms. The Morgan fingerprint density at radius 1 is 1.12 bits per heavy atom. The Morgan fingerprint density at radius 3 is 2.64 bits per heavy atom. The van der Waals surface area contributed by atoms with Crippen LogP contribution < -0.4 is 5.32 Å². The van der Waals surface area contributed by atoms with Crippen molar-refractivity contribution in [3.63, 3.8) is 0 Å². The average molecular weight is 353 g/mol. The Morgan fingerprint density at radius 2 is 1.92 bits per heavy atom. The predicted molar refractivity (Wildman–Crippen MR) is 101 cm³/mol. The number of halogens is 1. The van der Waals surface area contributed by atoms with Gasteiger partial charge in [-0.15, -0.1) is 0 Å². The first-order valence-electron chi connectivity index (χ1n) is 8.63. The lowest BCUT2D eigenvalue weighted by atomic mass is 9.92. The number of benzene rings is 2. The number of aromatic nitrogens is 3. The van der Waals surface area contributed by atoms with E-state index in [0.29, 0.717) is 5.92 Å². The van der Waals surface area contributed by atoms with Crippen molar-refractivity contribution in [2.24, 2.45) is 0 Å². The summed E-state index contributed by atoms with van der Waals surface area (Å²) in [5, 5.41) is 8.67. The maximum absolute atomic E-state index is 6.20. The zero-order valence-electron chi connectivity index (χ0n) is 14.4. The topological polar surface area (TPSA) is 42.7 Å². The van der Waals surface area contributed by atoms with E-state index in [1.165, 1.54) is 11.1 Å². The second-order valence-electron chi connectivity index (χ2n) is 6.85. The lowest BCUT2D eigenvalue weighted by molar-refractivity contribution is 0.431. The van der Waals surface area contributed by atoms with Gasteiger partial charge in [-0.25, -0.2) is 4.68 Å². The van der Waals surface area contributed by atoms with E-state index in [4.69, 9.17) is 11.6 Å². The lowest BCUT2D eigenvalue weighted by Gasteiger charge is -2.32. The maximum Gasteiger partial charge on any atom is 0.222 e. The number of rotatable bonds is 3. The standard InChI is InChI=1S/C20H21ClN4/c1-13(2)14-6-8-15(9-7-14)18-11-19(16-4-3-5-17(21)10-16)25-20(24-18)22-12-23-25/h3-10,12-13,18-19H,11H2,1-2H3,(H,22,23,24)/t18-,19+/m0/s1. The van der Waals surface area contributed by atoms with Crippen LogP contribution >= 0.6 is 11.6 Å². The summed E-state index contributed by atoms with van der Waals surface area (Å²) in [5.41, 5.74) is 3.78. The third kappa shape index (κ3) is 3.14. The van der Waals surface area contributed by atoms with Gasteiger partial charge >= 0.3 is 0 Å². The Balaban J connectivity index is 1.68. The molecule has 1 aliphatic heterocycles. The molecule has 4 rings (SSSR count). The maximum atomic E-state index is 6.20. The smallest absolute Gasteiger partial charge is 0.222 e. The Hall–Kier alpha value is -2.33. The molecular formula is C20H21ClN4. The summed E-state index contributed by atoms with van der Waals surface area (Å²) >= 11 is 6.20. The van der Waals surface area contributed by atoms with Crippen LogP contribution in [0.5, 0.6) is 0 Å². The molecular weight excluding hydrogens is 332 g/mol. The SMILES string of the molecule is CC(C)c1ccc([C@@H]2C[C@H](c3cccc(Cl)c3)n3ncnc3N2)cc1. The fourth-order valence-corrected chi connectivity index (χ4v) is 3.64. The first-order chi connectivity index (χ1) is 12.1. The van der Waals surface area contributed by atoms with E-state index in [0.717, 1.165) is 23.0 Å². The number of fused-ring (bicyclic) bond motifs is 1. The minimum atomic E-state index is 0.118. The molecule has 1 aromatic heterocycles. The van der Waals surface area contributed by atoms with Crippen molar-refractivity contribution in [2.45, 2.75) is 38.3 Å². The Kier molecular flexibility index (Phi) is 4.22. The van der Waals surface area contributed by atoms with Gasteiger partial charge in [0.05, 0.1) is 12.1 Å². The van der Waals surface area contributed by atoms with Crippen LogP contribution in [0.2, 0.25) is 5.02 Å². The normalized spacial score (nSPS) is 19.5. The van der Waals surface area contributed by atoms with Gasteiger partial charge in [0.15, 0.2) is 0 Å². The summed E-state index contributed by atoms with van der Waals surface area (Å²) in [6.45, 7) is 4.43. The third-order valence-corrected chi connectivity index (χ3v) is 5.10. The number of anilines is 1. The van der Waals surface area contributed by atoms with Crippen LogP contribution in [0.25, 0.3) is 0 Å². The van der Waals surface area contributed by atoms with Gasteiger partial charge in [0, 0.05) is 5.02 Å². The molecule has 1 N–H and O–H groups in total. The molecule has 0 fully saturated rings. The van der Waals surface area contributed by atoms with Gasteiger partial charge in [-0.1, -0.05) is 61.8 Å². The molecule has 2 atom stereocenters. The number of hydrogen-bond acceptors (Lipinski definition) is 3. The van der Waals surface area contributed by atoms with E-state index >= 15 is 0 Å². The van der Waals surface area contributed by atoms with E-state index in [-0.39, 0.29) is 12.1 Å². The Labute approximate surface area is 152 Å². The second-order valence-corrected chi connectivity index (χ2v) is 7.29. The molecule has 4 nitrogen and oxygen atoms in total. The summed E-state index contributed by atoms with van der Waals surface area (Å²) in [6.07, 6.45) is 2.50. The van der Waals surface area contributed by atoms with Crippen LogP contribution in [-0.4, -0.2) is 14.8 Å². The van der Waals surface area contributed by atoms with Crippen molar-refractivity contribution < 1.29 is 0 Å². The third-order valence-electron chi connectivity index (χ3n) is 4.87. The lowest BCUT2D eigenvalue weighted by Crippen LogP contribution is -2.28. The van der Waals surface area contributed by atoms with Crippen molar-refractivity contribution in [1.29, 1.82) is 0 Å². The summed E-state index contributed by atoms with van der Waals surface area (Å²) in [7, 11) is 0. The van der Waals surface area contributed by atoms with Gasteiger partial charge in [0.2, 0.25) is 5.95 Å². The van der Waals surface area contributed by atoms with Crippen LogP contribution in [-0.2, 0) is 0 Å². The first kappa shape index (κ1) is 16.2. The number of nitrogens with zero attached hydrogens (tertiary/aromatic N) is 3. The molecule has 25 heavy (non-hydrogen) atoms. The molecule has 0 saturated carbocycles. The van der Waals surface area contributed by atoms with E-state index < -0.39 is 0 Å². The van der Waals surface area contributed by atoms with Gasteiger partial charge in [-0.3, -0.25) is 0 Å². The largest absolute Gasteiger partial charge is 0.348 e. The molecule has 1 aliphatic rings. The summed E-state index contributed by atoms with van der Waals surface area (Å²) in [5.74, 6) is 1.34. The quantitative estimate of drug-likeness (QED) is 0.704. The van der Waals surface area contributed by atoms with Crippen molar-refractivity contribution in [3.8, 4) is 0 Å². The van der Waals surface area contributed by atoms with Crippen LogP contribution in [0.15, 0.2) is 54.9 Å². The fraction of sp³-hybridized carbons (Fsp3) is 0.300. The van der Waals surface area contributed by atoms with Gasteiger partial charge in [-0.2, -0.15) is 10.1 Å². The summed E-state index contributed by atoms with van der Waals surface area (Å²) < 4.78 is 1.95. The monoisotopic (exact) mass is 352 g/mol. The van der Waals surface area contributed by atoms with E-state index in [9.17, 15) is 0 Å². The zero-order valence-corrected chi connectivity index (χ0v) is 15.1. The van der Waals surface area contributed by atoms with Crippen molar-refractivity contribution in [3.05, 3.63) is 76.6 Å². The van der Waals surface area contributed by atoms with Gasteiger partial charge in [0.25, 0.3) is 0 Å². The van der Waals surface area contributed by atoms with E-state index in [2.05, 4.69) is 59.6 Å². The number of hydrogen-bond donors (Lipinski definition) is 1. The van der Waals surface area contributed by atoms with Crippen LogP contribution in [0.1, 0.15) is 55.0 Å². The van der Waals surface area contributed by atoms with E-state index in [1.807, 2.05) is 22.9 Å². The zero-order chi connectivity index (χ0) is 17.4. The fourth-order valence-electron chi connectivity index (χ4n) is 3.44. The highest BCUT2D eigenvalue weighted by Gasteiger charge is 2.29. The molecule has 3 aromatic rings.